The molecule has 1 aromatic heterocycles. The Kier molecular flexibility index (Phi) is 8.12. The Morgan fingerprint density at radius 2 is 1.79 bits per heavy atom. The van der Waals surface area contributed by atoms with Crippen molar-refractivity contribution in [3.8, 4) is 0 Å². The van der Waals surface area contributed by atoms with E-state index in [0.717, 1.165) is 56.6 Å². The van der Waals surface area contributed by atoms with Gasteiger partial charge in [0, 0.05) is 51.4 Å². The van der Waals surface area contributed by atoms with Gasteiger partial charge in [-0.3, -0.25) is 14.3 Å². The summed E-state index contributed by atoms with van der Waals surface area (Å²) < 4.78 is 13.1. The maximum Gasteiger partial charge on any atom is 0.338 e. The van der Waals surface area contributed by atoms with Crippen molar-refractivity contribution >= 4 is 17.8 Å². The summed E-state index contributed by atoms with van der Waals surface area (Å²) in [5, 5.41) is 7.91. The number of likely N-dealkylation sites (tertiary alicyclic amines) is 1. The van der Waals surface area contributed by atoms with Crippen LogP contribution in [0, 0.1) is 5.41 Å². The van der Waals surface area contributed by atoms with Gasteiger partial charge in [0.1, 0.15) is 0 Å². The zero-order chi connectivity index (χ0) is 26.5. The number of rotatable bonds is 7. The van der Waals surface area contributed by atoms with E-state index in [2.05, 4.69) is 5.32 Å². The summed E-state index contributed by atoms with van der Waals surface area (Å²) in [4.78, 5) is 40.1. The van der Waals surface area contributed by atoms with Crippen molar-refractivity contribution < 1.29 is 23.9 Å². The Balaban J connectivity index is 1.18. The van der Waals surface area contributed by atoms with Crippen LogP contribution >= 0.6 is 0 Å². The molecule has 1 aromatic carbocycles. The van der Waals surface area contributed by atoms with E-state index in [0.29, 0.717) is 55.8 Å². The molecule has 2 fully saturated rings. The van der Waals surface area contributed by atoms with E-state index in [-0.39, 0.29) is 23.8 Å². The quantitative estimate of drug-likeness (QED) is 0.442. The van der Waals surface area contributed by atoms with Crippen LogP contribution in [0.25, 0.3) is 0 Å². The number of hydrogen-bond donors (Lipinski definition) is 1. The summed E-state index contributed by atoms with van der Waals surface area (Å²) in [5.41, 5.74) is 3.54. The van der Waals surface area contributed by atoms with Crippen LogP contribution in [0.4, 0.5) is 0 Å². The molecule has 0 atom stereocenters. The first-order valence-corrected chi connectivity index (χ1v) is 14.0. The average molecular weight is 523 g/mol. The minimum Gasteiger partial charge on any atom is -0.462 e. The fourth-order valence-electron chi connectivity index (χ4n) is 5.85. The lowest BCUT2D eigenvalue weighted by Gasteiger charge is -2.36. The molecule has 38 heavy (non-hydrogen) atoms. The average Bonchev–Trinajstić information content (AvgIpc) is 3.24. The molecule has 0 radical (unpaired) electrons. The number of ether oxygens (including phenoxy) is 2. The molecule has 0 unspecified atom stereocenters. The molecule has 9 nitrogen and oxygen atoms in total. The summed E-state index contributed by atoms with van der Waals surface area (Å²) in [7, 11) is 0. The fraction of sp³-hybridized carbons (Fsp3) is 0.586. The summed E-state index contributed by atoms with van der Waals surface area (Å²) >= 11 is 0. The third kappa shape index (κ3) is 5.62. The van der Waals surface area contributed by atoms with Gasteiger partial charge in [0.25, 0.3) is 11.8 Å². The van der Waals surface area contributed by atoms with Crippen molar-refractivity contribution in [3.05, 3.63) is 52.3 Å². The van der Waals surface area contributed by atoms with Gasteiger partial charge in [-0.2, -0.15) is 5.10 Å². The highest BCUT2D eigenvalue weighted by atomic mass is 16.5. The van der Waals surface area contributed by atoms with Gasteiger partial charge in [-0.15, -0.1) is 0 Å². The Labute approximate surface area is 223 Å². The molecule has 2 amide bonds. The molecule has 2 saturated heterocycles. The van der Waals surface area contributed by atoms with Gasteiger partial charge in [-0.05, 0) is 74.6 Å². The second-order valence-electron chi connectivity index (χ2n) is 10.7. The van der Waals surface area contributed by atoms with Crippen molar-refractivity contribution in [2.24, 2.45) is 5.41 Å². The maximum atomic E-state index is 13.0. The number of esters is 1. The number of nitrogens with one attached hydrogen (secondary N) is 1. The van der Waals surface area contributed by atoms with Crippen LogP contribution in [0.15, 0.2) is 24.3 Å². The number of nitrogens with zero attached hydrogens (tertiary/aromatic N) is 3. The number of aromatic nitrogens is 2. The first kappa shape index (κ1) is 26.4. The lowest BCUT2D eigenvalue weighted by Crippen LogP contribution is -2.40. The third-order valence-electron chi connectivity index (χ3n) is 8.17. The Bertz CT molecular complexity index is 1160. The van der Waals surface area contributed by atoms with E-state index in [4.69, 9.17) is 14.6 Å². The number of hydrogen-bond acceptors (Lipinski definition) is 6. The van der Waals surface area contributed by atoms with E-state index >= 15 is 0 Å². The fourth-order valence-corrected chi connectivity index (χ4v) is 5.85. The zero-order valence-electron chi connectivity index (χ0n) is 22.3. The lowest BCUT2D eigenvalue weighted by molar-refractivity contribution is 0.0152. The molecule has 9 heteroatoms. The van der Waals surface area contributed by atoms with Crippen LogP contribution in [0.3, 0.4) is 0 Å². The van der Waals surface area contributed by atoms with Gasteiger partial charge in [-0.1, -0.05) is 6.92 Å². The topological polar surface area (TPSA) is 103 Å². The Morgan fingerprint density at radius 3 is 2.50 bits per heavy atom. The molecule has 204 valence electrons. The van der Waals surface area contributed by atoms with Gasteiger partial charge in [0.05, 0.1) is 29.1 Å². The maximum absolute atomic E-state index is 13.0. The first-order chi connectivity index (χ1) is 18.5. The van der Waals surface area contributed by atoms with Crippen molar-refractivity contribution in [3.63, 3.8) is 0 Å². The third-order valence-corrected chi connectivity index (χ3v) is 8.17. The van der Waals surface area contributed by atoms with Gasteiger partial charge >= 0.3 is 5.97 Å². The van der Waals surface area contributed by atoms with Crippen LogP contribution < -0.4 is 5.32 Å². The van der Waals surface area contributed by atoms with E-state index in [1.807, 2.05) is 16.5 Å². The molecule has 0 aliphatic carbocycles. The number of carbonyl (C=O) groups excluding carboxylic acids is 3. The van der Waals surface area contributed by atoms with Crippen LogP contribution in [-0.2, 0) is 28.9 Å². The van der Waals surface area contributed by atoms with Gasteiger partial charge in [0.15, 0.2) is 0 Å². The molecule has 3 aliphatic heterocycles. The van der Waals surface area contributed by atoms with Crippen LogP contribution in [0.1, 0.15) is 87.9 Å². The van der Waals surface area contributed by atoms with E-state index in [1.54, 1.807) is 24.3 Å². The second-order valence-corrected chi connectivity index (χ2v) is 10.7. The minimum absolute atomic E-state index is 0.00400. The lowest BCUT2D eigenvalue weighted by atomic mass is 9.76. The van der Waals surface area contributed by atoms with Crippen molar-refractivity contribution in [1.82, 2.24) is 20.0 Å². The molecule has 2 aromatic rings. The highest BCUT2D eigenvalue weighted by Crippen LogP contribution is 2.37. The number of piperidine rings is 1. The molecule has 1 N–H and O–H groups in total. The van der Waals surface area contributed by atoms with Gasteiger partial charge in [0.2, 0.25) is 0 Å². The molecule has 1 spiro atoms. The zero-order valence-corrected chi connectivity index (χ0v) is 22.3. The smallest absolute Gasteiger partial charge is 0.338 e. The molecular formula is C29H38N4O5. The normalized spacial score (nSPS) is 19.0. The summed E-state index contributed by atoms with van der Waals surface area (Å²) in [6, 6.07) is 6.73. The van der Waals surface area contributed by atoms with E-state index in [1.165, 1.54) is 6.42 Å². The minimum atomic E-state index is -0.406. The number of aryl methyl sites for hydroxylation is 2. The van der Waals surface area contributed by atoms with E-state index < -0.39 is 5.97 Å². The Morgan fingerprint density at radius 1 is 1.08 bits per heavy atom. The highest BCUT2D eigenvalue weighted by Gasteiger charge is 2.39. The SMILES string of the molecule is CCc1nn(CCCOC(=O)c2ccc(C(=O)N3CCCCC3)cc2)c2c1C(=O)NCC1(CCOCC1)C2. The standard InChI is InChI=1S/C29H38N4O5/c1-2-23-25-24(19-29(20-30-26(25)34)11-17-37-18-12-29)33(31-23)15-6-16-38-28(36)22-9-7-21(8-10-22)27(35)32-13-4-3-5-14-32/h7-10H,2-6,11-20H2,1H3,(H,30,34). The summed E-state index contributed by atoms with van der Waals surface area (Å²) in [6.07, 6.45) is 7.15. The number of amides is 2. The van der Waals surface area contributed by atoms with Crippen molar-refractivity contribution in [1.29, 1.82) is 0 Å². The summed E-state index contributed by atoms with van der Waals surface area (Å²) in [5.74, 6) is -0.429. The van der Waals surface area contributed by atoms with Gasteiger partial charge in [-0.25, -0.2) is 4.79 Å². The number of fused-ring (bicyclic) bond motifs is 1. The predicted molar refractivity (Wildman–Crippen MR) is 141 cm³/mol. The molecule has 3 aliphatic rings. The molecule has 4 heterocycles. The van der Waals surface area contributed by atoms with E-state index in [9.17, 15) is 14.4 Å². The molecule has 5 rings (SSSR count). The molecular weight excluding hydrogens is 484 g/mol. The van der Waals surface area contributed by atoms with Crippen LogP contribution in [-0.4, -0.2) is 71.9 Å². The highest BCUT2D eigenvalue weighted by molar-refractivity contribution is 5.97. The second kappa shape index (κ2) is 11.7. The first-order valence-electron chi connectivity index (χ1n) is 14.0. The predicted octanol–water partition coefficient (Wildman–Crippen LogP) is 3.40. The van der Waals surface area contributed by atoms with Crippen LogP contribution in [0.5, 0.6) is 0 Å². The molecule has 0 bridgehead atoms. The Hall–Kier alpha value is -3.20. The van der Waals surface area contributed by atoms with Crippen LogP contribution in [0.2, 0.25) is 0 Å². The van der Waals surface area contributed by atoms with Crippen molar-refractivity contribution in [2.75, 3.05) is 39.5 Å². The summed E-state index contributed by atoms with van der Waals surface area (Å²) in [6.45, 7) is 6.50. The molecule has 0 saturated carbocycles. The van der Waals surface area contributed by atoms with Crippen molar-refractivity contribution in [2.45, 2.75) is 64.8 Å². The number of carbonyl (C=O) groups is 3. The number of benzene rings is 1. The van der Waals surface area contributed by atoms with Gasteiger partial charge < -0.3 is 19.7 Å². The largest absolute Gasteiger partial charge is 0.462 e. The monoisotopic (exact) mass is 522 g/mol.